The third-order valence-corrected chi connectivity index (χ3v) is 7.28. The average Bonchev–Trinajstić information content (AvgIpc) is 2.20. The Balaban J connectivity index is 2.62. The van der Waals surface area contributed by atoms with Crippen molar-refractivity contribution in [2.24, 2.45) is 0 Å². The second kappa shape index (κ2) is 5.49. The van der Waals surface area contributed by atoms with E-state index in [4.69, 9.17) is 0 Å². The molecule has 0 amide bonds. The van der Waals surface area contributed by atoms with E-state index in [1.54, 1.807) is 12.2 Å². The molecule has 14 heavy (non-hydrogen) atoms. The van der Waals surface area contributed by atoms with Crippen LogP contribution >= 0.6 is 0 Å². The zero-order chi connectivity index (χ0) is 10.4. The smallest absolute Gasteiger partial charge is 0.257 e. The Morgan fingerprint density at radius 2 is 1.57 bits per heavy atom. The molecule has 1 aliphatic carbocycles. The summed E-state index contributed by atoms with van der Waals surface area (Å²) < 4.78 is 14.7. The van der Waals surface area contributed by atoms with Gasteiger partial charge in [-0.3, -0.25) is 0 Å². The second-order valence-corrected chi connectivity index (χ2v) is 8.06. The van der Waals surface area contributed by atoms with Crippen molar-refractivity contribution in [3.05, 3.63) is 25.3 Å². The van der Waals surface area contributed by atoms with Gasteiger partial charge in [-0.1, -0.05) is 44.3 Å². The standard InChI is InChI=1S/C12H21FSi/c1-3-10-14(13,11-4-2)12-8-6-5-7-9-12/h3-4,12H,1-2,5-11H2. The van der Waals surface area contributed by atoms with Crippen molar-refractivity contribution >= 4 is 8.41 Å². The molecule has 0 aromatic heterocycles. The first-order valence-corrected chi connectivity index (χ1v) is 8.00. The van der Waals surface area contributed by atoms with Crippen LogP contribution in [0.5, 0.6) is 0 Å². The molecule has 0 atom stereocenters. The molecule has 1 aliphatic rings. The third-order valence-electron chi connectivity index (χ3n) is 3.30. The highest BCUT2D eigenvalue weighted by Crippen LogP contribution is 2.42. The third kappa shape index (κ3) is 2.81. The van der Waals surface area contributed by atoms with Gasteiger partial charge in [-0.2, -0.15) is 0 Å². The fraction of sp³-hybridized carbons (Fsp3) is 0.667. The van der Waals surface area contributed by atoms with E-state index in [0.717, 1.165) is 12.8 Å². The molecule has 0 aliphatic heterocycles. The number of hydrogen-bond donors (Lipinski definition) is 0. The van der Waals surface area contributed by atoms with Gasteiger partial charge < -0.3 is 4.11 Å². The molecule has 0 heterocycles. The normalized spacial score (nSPS) is 19.2. The van der Waals surface area contributed by atoms with E-state index in [0.29, 0.717) is 17.6 Å². The van der Waals surface area contributed by atoms with Crippen LogP contribution in [0.1, 0.15) is 32.1 Å². The molecular formula is C12H21FSi. The summed E-state index contributed by atoms with van der Waals surface area (Å²) in [5.41, 5.74) is 0.368. The van der Waals surface area contributed by atoms with Gasteiger partial charge in [0.15, 0.2) is 0 Å². The average molecular weight is 212 g/mol. The van der Waals surface area contributed by atoms with Crippen molar-refractivity contribution in [1.82, 2.24) is 0 Å². The van der Waals surface area contributed by atoms with Gasteiger partial charge >= 0.3 is 0 Å². The van der Waals surface area contributed by atoms with Gasteiger partial charge in [-0.05, 0) is 17.6 Å². The summed E-state index contributed by atoms with van der Waals surface area (Å²) in [5.74, 6) is 0. The molecule has 80 valence electrons. The number of rotatable bonds is 5. The molecule has 0 N–H and O–H groups in total. The lowest BCUT2D eigenvalue weighted by atomic mass is 10.0. The Bertz CT molecular complexity index is 184. The largest absolute Gasteiger partial charge is 0.313 e. The molecule has 0 unspecified atom stereocenters. The Labute approximate surface area is 88.1 Å². The van der Waals surface area contributed by atoms with E-state index < -0.39 is 8.41 Å². The molecule has 1 rings (SSSR count). The predicted molar refractivity (Wildman–Crippen MR) is 63.7 cm³/mol. The van der Waals surface area contributed by atoms with Gasteiger partial charge in [0.2, 0.25) is 0 Å². The van der Waals surface area contributed by atoms with E-state index in [1.807, 2.05) is 0 Å². The minimum atomic E-state index is -2.58. The monoisotopic (exact) mass is 212 g/mol. The van der Waals surface area contributed by atoms with E-state index in [1.165, 1.54) is 19.3 Å². The first-order valence-electron chi connectivity index (χ1n) is 5.63. The van der Waals surface area contributed by atoms with Crippen molar-refractivity contribution in [2.45, 2.75) is 49.7 Å². The van der Waals surface area contributed by atoms with Crippen LogP contribution in [-0.4, -0.2) is 8.41 Å². The van der Waals surface area contributed by atoms with Crippen molar-refractivity contribution in [3.63, 3.8) is 0 Å². The maximum atomic E-state index is 14.7. The highest BCUT2D eigenvalue weighted by molar-refractivity contribution is 6.75. The molecule has 1 saturated carbocycles. The fourth-order valence-electron chi connectivity index (χ4n) is 2.52. The zero-order valence-corrected chi connectivity index (χ0v) is 9.97. The van der Waals surface area contributed by atoms with Crippen LogP contribution in [0.2, 0.25) is 17.6 Å². The number of hydrogen-bond acceptors (Lipinski definition) is 0. The summed E-state index contributed by atoms with van der Waals surface area (Å²) in [6.07, 6.45) is 9.47. The van der Waals surface area contributed by atoms with Crippen molar-refractivity contribution in [3.8, 4) is 0 Å². The maximum absolute atomic E-state index is 14.7. The molecule has 0 spiro atoms. The van der Waals surface area contributed by atoms with Gasteiger partial charge in [-0.25, -0.2) is 0 Å². The van der Waals surface area contributed by atoms with Gasteiger partial charge in [0.1, 0.15) is 0 Å². The van der Waals surface area contributed by atoms with Crippen molar-refractivity contribution < 1.29 is 4.11 Å². The van der Waals surface area contributed by atoms with Crippen LogP contribution < -0.4 is 0 Å². The van der Waals surface area contributed by atoms with Crippen LogP contribution in [0.3, 0.4) is 0 Å². The van der Waals surface area contributed by atoms with Crippen LogP contribution in [0.4, 0.5) is 4.11 Å². The Morgan fingerprint density at radius 3 is 2.00 bits per heavy atom. The molecule has 0 nitrogen and oxygen atoms in total. The fourth-order valence-corrected chi connectivity index (χ4v) is 5.75. The lowest BCUT2D eigenvalue weighted by Gasteiger charge is -2.32. The van der Waals surface area contributed by atoms with Crippen LogP contribution in [0, 0.1) is 0 Å². The molecule has 2 heteroatoms. The molecule has 0 aromatic carbocycles. The minimum Gasteiger partial charge on any atom is -0.313 e. The van der Waals surface area contributed by atoms with E-state index in [-0.39, 0.29) is 0 Å². The second-order valence-electron chi connectivity index (χ2n) is 4.36. The SMILES string of the molecule is C=CC[Si](F)(CC=C)C1CCCCC1. The van der Waals surface area contributed by atoms with Crippen LogP contribution in [0.25, 0.3) is 0 Å². The topological polar surface area (TPSA) is 0 Å². The molecule has 0 bridgehead atoms. The minimum absolute atomic E-state index is 0.368. The molecule has 0 aromatic rings. The van der Waals surface area contributed by atoms with E-state index in [2.05, 4.69) is 13.2 Å². The van der Waals surface area contributed by atoms with Crippen LogP contribution in [-0.2, 0) is 0 Å². The van der Waals surface area contributed by atoms with E-state index in [9.17, 15) is 4.11 Å². The summed E-state index contributed by atoms with van der Waals surface area (Å²) in [4.78, 5) is 0. The van der Waals surface area contributed by atoms with Gasteiger partial charge in [0.05, 0.1) is 0 Å². The highest BCUT2D eigenvalue weighted by Gasteiger charge is 2.40. The highest BCUT2D eigenvalue weighted by atomic mass is 28.4. The summed E-state index contributed by atoms with van der Waals surface area (Å²) in [6, 6.07) is 1.23. The van der Waals surface area contributed by atoms with Gasteiger partial charge in [0.25, 0.3) is 8.41 Å². The number of allylic oxidation sites excluding steroid dienone is 2. The lowest BCUT2D eigenvalue weighted by molar-refractivity contribution is 0.470. The van der Waals surface area contributed by atoms with Gasteiger partial charge in [0, 0.05) is 0 Å². The molecule has 0 radical (unpaired) electrons. The van der Waals surface area contributed by atoms with Crippen molar-refractivity contribution in [2.75, 3.05) is 0 Å². The summed E-state index contributed by atoms with van der Waals surface area (Å²) in [6.45, 7) is 7.37. The predicted octanol–water partition coefficient (Wildman–Crippen LogP) is 4.61. The maximum Gasteiger partial charge on any atom is 0.257 e. The Morgan fingerprint density at radius 1 is 1.07 bits per heavy atom. The molecule has 1 fully saturated rings. The number of halogens is 1. The van der Waals surface area contributed by atoms with Crippen LogP contribution in [0.15, 0.2) is 25.3 Å². The first kappa shape index (κ1) is 11.7. The Hall–Kier alpha value is -0.373. The zero-order valence-electron chi connectivity index (χ0n) is 8.97. The lowest BCUT2D eigenvalue weighted by Crippen LogP contribution is -2.34. The molecule has 0 saturated heterocycles. The van der Waals surface area contributed by atoms with Gasteiger partial charge in [-0.15, -0.1) is 13.2 Å². The first-order chi connectivity index (χ1) is 6.73. The summed E-state index contributed by atoms with van der Waals surface area (Å²) >= 11 is 0. The molecular weight excluding hydrogens is 191 g/mol. The summed E-state index contributed by atoms with van der Waals surface area (Å²) in [7, 11) is -2.58. The van der Waals surface area contributed by atoms with Crippen molar-refractivity contribution in [1.29, 1.82) is 0 Å². The van der Waals surface area contributed by atoms with E-state index >= 15 is 0 Å². The summed E-state index contributed by atoms with van der Waals surface area (Å²) in [5, 5.41) is 0. The quantitative estimate of drug-likeness (QED) is 0.355. The Kier molecular flexibility index (Phi) is 4.59.